The second-order valence-electron chi connectivity index (χ2n) is 3.68. The Morgan fingerprint density at radius 3 is 1.94 bits per heavy atom. The van der Waals surface area contributed by atoms with Crippen LogP contribution in [0, 0.1) is 6.92 Å². The molecule has 2 rings (SSSR count). The van der Waals surface area contributed by atoms with Gasteiger partial charge in [-0.1, -0.05) is 0 Å². The first-order valence-electron chi connectivity index (χ1n) is 5.65. The van der Waals surface area contributed by atoms with Crippen molar-refractivity contribution in [3.05, 3.63) is 60.2 Å². The van der Waals surface area contributed by atoms with Gasteiger partial charge in [0.25, 0.3) is 0 Å². The van der Waals surface area contributed by atoms with Crippen molar-refractivity contribution in [1.82, 2.24) is 5.32 Å². The van der Waals surface area contributed by atoms with E-state index in [0.717, 1.165) is 0 Å². The first-order valence-corrected chi connectivity index (χ1v) is 7.98. The molecule has 2 heteroatoms. The molecule has 1 N–H and O–H groups in total. The summed E-state index contributed by atoms with van der Waals surface area (Å²) in [6.07, 6.45) is 0. The molecule has 0 atom stereocenters. The predicted octanol–water partition coefficient (Wildman–Crippen LogP) is 1.49. The molecule has 2 aromatic rings. The number of hydrogen-bond acceptors (Lipinski definition) is 1. The fraction of sp³-hybridized carbons (Fsp3) is 0.200. The molecule has 0 saturated heterocycles. The molecule has 0 aliphatic carbocycles. The molecule has 90 valence electrons. The van der Waals surface area contributed by atoms with Crippen molar-refractivity contribution in [3.8, 4) is 0 Å². The molecule has 17 heavy (non-hydrogen) atoms. The first kappa shape index (κ1) is 14.3. The SMILES string of the molecule is CNC.Cc1ccccc1[Te]c1ccccc1. The van der Waals surface area contributed by atoms with Gasteiger partial charge in [-0.15, -0.1) is 0 Å². The quantitative estimate of drug-likeness (QED) is 0.817. The molecule has 1 nitrogen and oxygen atoms in total. The van der Waals surface area contributed by atoms with Crippen molar-refractivity contribution in [3.63, 3.8) is 0 Å². The van der Waals surface area contributed by atoms with Crippen LogP contribution in [0.4, 0.5) is 0 Å². The summed E-state index contributed by atoms with van der Waals surface area (Å²) in [7, 11) is 3.75. The van der Waals surface area contributed by atoms with Crippen molar-refractivity contribution >= 4 is 28.1 Å². The van der Waals surface area contributed by atoms with Crippen molar-refractivity contribution in [1.29, 1.82) is 0 Å². The van der Waals surface area contributed by atoms with Crippen LogP contribution in [0.3, 0.4) is 0 Å². The maximum atomic E-state index is 2.75. The van der Waals surface area contributed by atoms with Crippen LogP contribution in [0.15, 0.2) is 54.6 Å². The minimum absolute atomic E-state index is 0.180. The van der Waals surface area contributed by atoms with Gasteiger partial charge in [0.15, 0.2) is 0 Å². The third kappa shape index (κ3) is 5.37. The fourth-order valence-corrected chi connectivity index (χ4v) is 3.92. The molecule has 0 aliphatic heterocycles. The third-order valence-electron chi connectivity index (χ3n) is 2.06. The molecule has 0 fully saturated rings. The number of hydrogen-bond donors (Lipinski definition) is 1. The van der Waals surface area contributed by atoms with E-state index in [1.807, 2.05) is 14.1 Å². The Labute approximate surface area is 114 Å². The monoisotopic (exact) mass is 343 g/mol. The molecular formula is C15H19NTe. The summed E-state index contributed by atoms with van der Waals surface area (Å²) in [5.41, 5.74) is 1.43. The van der Waals surface area contributed by atoms with Gasteiger partial charge in [0.1, 0.15) is 0 Å². The van der Waals surface area contributed by atoms with Crippen LogP contribution >= 0.6 is 0 Å². The minimum atomic E-state index is -0.180. The molecule has 0 amide bonds. The Morgan fingerprint density at radius 1 is 0.824 bits per heavy atom. The van der Waals surface area contributed by atoms with Crippen molar-refractivity contribution < 1.29 is 0 Å². The van der Waals surface area contributed by atoms with E-state index < -0.39 is 0 Å². The zero-order valence-corrected chi connectivity index (χ0v) is 12.9. The van der Waals surface area contributed by atoms with Crippen LogP contribution in [0.2, 0.25) is 0 Å². The molecule has 0 aromatic heterocycles. The van der Waals surface area contributed by atoms with Crippen LogP contribution in [0.25, 0.3) is 0 Å². The van der Waals surface area contributed by atoms with Crippen LogP contribution in [0.1, 0.15) is 5.56 Å². The molecule has 0 bridgehead atoms. The topological polar surface area (TPSA) is 12.0 Å². The van der Waals surface area contributed by atoms with Gasteiger partial charge in [0, 0.05) is 0 Å². The van der Waals surface area contributed by atoms with Crippen LogP contribution < -0.4 is 12.5 Å². The van der Waals surface area contributed by atoms with E-state index >= 15 is 0 Å². The average Bonchev–Trinajstić information content (AvgIpc) is 2.35. The second-order valence-corrected chi connectivity index (χ2v) is 6.86. The molecule has 0 saturated carbocycles. The third-order valence-corrected chi connectivity index (χ3v) is 5.45. The number of benzene rings is 2. The van der Waals surface area contributed by atoms with Gasteiger partial charge in [-0.2, -0.15) is 0 Å². The van der Waals surface area contributed by atoms with Crippen molar-refractivity contribution in [2.75, 3.05) is 14.1 Å². The van der Waals surface area contributed by atoms with Crippen molar-refractivity contribution in [2.24, 2.45) is 0 Å². The van der Waals surface area contributed by atoms with E-state index in [9.17, 15) is 0 Å². The Hall–Kier alpha value is -0.810. The average molecular weight is 341 g/mol. The van der Waals surface area contributed by atoms with E-state index in [0.29, 0.717) is 0 Å². The van der Waals surface area contributed by atoms with Crippen LogP contribution in [-0.4, -0.2) is 35.0 Å². The first-order chi connectivity index (χ1) is 8.27. The Balaban J connectivity index is 0.000000437. The summed E-state index contributed by atoms with van der Waals surface area (Å²) < 4.78 is 3.05. The molecule has 2 aromatic carbocycles. The van der Waals surface area contributed by atoms with Crippen LogP contribution in [-0.2, 0) is 0 Å². The second kappa shape index (κ2) is 8.31. The van der Waals surface area contributed by atoms with Gasteiger partial charge in [0.05, 0.1) is 0 Å². The van der Waals surface area contributed by atoms with Gasteiger partial charge in [0.2, 0.25) is 0 Å². The summed E-state index contributed by atoms with van der Waals surface area (Å²) in [4.78, 5) is 0. The molecule has 0 radical (unpaired) electrons. The summed E-state index contributed by atoms with van der Waals surface area (Å²) >= 11 is -0.180. The Morgan fingerprint density at radius 2 is 1.35 bits per heavy atom. The van der Waals surface area contributed by atoms with Gasteiger partial charge < -0.3 is 5.32 Å². The molecule has 0 heterocycles. The normalized spacial score (nSPS) is 9.35. The van der Waals surface area contributed by atoms with E-state index in [-0.39, 0.29) is 20.9 Å². The Kier molecular flexibility index (Phi) is 6.96. The standard InChI is InChI=1S/C13H12Te.C2H7N/c1-11-7-5-6-10-13(11)14-12-8-3-2-4-9-12;1-3-2/h2-10H,1H3;3H,1-2H3. The summed E-state index contributed by atoms with van der Waals surface area (Å²) in [5.74, 6) is 0. The van der Waals surface area contributed by atoms with E-state index in [1.54, 1.807) is 3.61 Å². The maximum absolute atomic E-state index is 2.75. The number of nitrogens with one attached hydrogen (secondary N) is 1. The molecule has 0 spiro atoms. The van der Waals surface area contributed by atoms with Crippen LogP contribution in [0.5, 0.6) is 0 Å². The van der Waals surface area contributed by atoms with E-state index in [4.69, 9.17) is 0 Å². The number of aryl methyl sites for hydroxylation is 1. The van der Waals surface area contributed by atoms with Gasteiger partial charge in [-0.3, -0.25) is 0 Å². The van der Waals surface area contributed by atoms with Crippen molar-refractivity contribution in [2.45, 2.75) is 6.92 Å². The molecular weight excluding hydrogens is 322 g/mol. The summed E-state index contributed by atoms with van der Waals surface area (Å²) in [6.45, 7) is 2.20. The zero-order valence-electron chi connectivity index (χ0n) is 10.6. The van der Waals surface area contributed by atoms with Gasteiger partial charge >= 0.3 is 95.2 Å². The van der Waals surface area contributed by atoms with E-state index in [2.05, 4.69) is 66.8 Å². The summed E-state index contributed by atoms with van der Waals surface area (Å²) in [6, 6.07) is 19.5. The molecule has 0 aliphatic rings. The zero-order chi connectivity index (χ0) is 12.5. The molecule has 0 unspecified atom stereocenters. The predicted molar refractivity (Wildman–Crippen MR) is 77.6 cm³/mol. The number of rotatable bonds is 2. The summed E-state index contributed by atoms with van der Waals surface area (Å²) in [5, 5.41) is 2.75. The fourth-order valence-electron chi connectivity index (χ4n) is 1.29. The van der Waals surface area contributed by atoms with Gasteiger partial charge in [-0.05, 0) is 14.1 Å². The van der Waals surface area contributed by atoms with E-state index in [1.165, 1.54) is 9.17 Å². The Bertz CT molecular complexity index is 426. The van der Waals surface area contributed by atoms with Gasteiger partial charge in [-0.25, -0.2) is 0 Å².